The topological polar surface area (TPSA) is 58.6 Å². The van der Waals surface area contributed by atoms with Gasteiger partial charge >= 0.3 is 5.97 Å². The van der Waals surface area contributed by atoms with Gasteiger partial charge in [-0.15, -0.1) is 0 Å². The van der Waals surface area contributed by atoms with E-state index in [0.717, 1.165) is 36.9 Å². The standard InChI is InChI=1S/C16H23NO3/c1-20-15-8-6-13(7-9-15)17-14-4-2-3-12(11-14)5-10-16(18)19/h2-4,11,13,15,17H,5-10H2,1H3,(H,18,19). The molecular weight excluding hydrogens is 254 g/mol. The lowest BCUT2D eigenvalue weighted by molar-refractivity contribution is -0.136. The fourth-order valence-corrected chi connectivity index (χ4v) is 2.75. The Morgan fingerprint density at radius 1 is 1.35 bits per heavy atom. The summed E-state index contributed by atoms with van der Waals surface area (Å²) >= 11 is 0. The fourth-order valence-electron chi connectivity index (χ4n) is 2.75. The van der Waals surface area contributed by atoms with E-state index in [2.05, 4.69) is 11.4 Å². The summed E-state index contributed by atoms with van der Waals surface area (Å²) in [4.78, 5) is 10.6. The van der Waals surface area contributed by atoms with Crippen molar-refractivity contribution in [3.8, 4) is 0 Å². The number of aliphatic carboxylic acids is 1. The van der Waals surface area contributed by atoms with Gasteiger partial charge in [-0.05, 0) is 49.8 Å². The molecule has 1 aliphatic rings. The molecule has 0 bridgehead atoms. The van der Waals surface area contributed by atoms with Gasteiger partial charge in [0.25, 0.3) is 0 Å². The maximum atomic E-state index is 10.6. The lowest BCUT2D eigenvalue weighted by atomic mass is 9.92. The molecule has 1 aromatic carbocycles. The summed E-state index contributed by atoms with van der Waals surface area (Å²) in [6.45, 7) is 0. The normalized spacial score (nSPS) is 22.4. The fraction of sp³-hybridized carbons (Fsp3) is 0.562. The van der Waals surface area contributed by atoms with Crippen molar-refractivity contribution in [2.24, 2.45) is 0 Å². The third-order valence-electron chi connectivity index (χ3n) is 3.93. The zero-order valence-corrected chi connectivity index (χ0v) is 12.0. The molecule has 0 aromatic heterocycles. The quantitative estimate of drug-likeness (QED) is 0.839. The predicted molar refractivity (Wildman–Crippen MR) is 79.1 cm³/mol. The van der Waals surface area contributed by atoms with Crippen molar-refractivity contribution < 1.29 is 14.6 Å². The number of ether oxygens (including phenoxy) is 1. The Bertz CT molecular complexity index is 439. The molecule has 2 N–H and O–H groups in total. The van der Waals surface area contributed by atoms with Crippen molar-refractivity contribution in [1.82, 2.24) is 0 Å². The van der Waals surface area contributed by atoms with Gasteiger partial charge in [0.1, 0.15) is 0 Å². The average Bonchev–Trinajstić information content (AvgIpc) is 2.46. The van der Waals surface area contributed by atoms with Crippen molar-refractivity contribution >= 4 is 11.7 Å². The number of rotatable bonds is 6. The first-order valence-corrected chi connectivity index (χ1v) is 7.27. The highest BCUT2D eigenvalue weighted by Gasteiger charge is 2.20. The van der Waals surface area contributed by atoms with Crippen LogP contribution in [0.4, 0.5) is 5.69 Å². The second-order valence-corrected chi connectivity index (χ2v) is 5.45. The molecule has 2 rings (SSSR count). The molecule has 4 nitrogen and oxygen atoms in total. The molecule has 0 radical (unpaired) electrons. The number of hydrogen-bond donors (Lipinski definition) is 2. The molecule has 0 aliphatic heterocycles. The van der Waals surface area contributed by atoms with Gasteiger partial charge in [0.05, 0.1) is 6.10 Å². The third kappa shape index (κ3) is 4.53. The maximum Gasteiger partial charge on any atom is 0.303 e. The van der Waals surface area contributed by atoms with Gasteiger partial charge in [0.2, 0.25) is 0 Å². The van der Waals surface area contributed by atoms with Crippen LogP contribution in [0.1, 0.15) is 37.7 Å². The lowest BCUT2D eigenvalue weighted by Crippen LogP contribution is -2.29. The minimum Gasteiger partial charge on any atom is -0.481 e. The van der Waals surface area contributed by atoms with Gasteiger partial charge in [0.15, 0.2) is 0 Å². The molecule has 0 amide bonds. The Balaban J connectivity index is 1.86. The molecule has 1 saturated carbocycles. The second kappa shape index (κ2) is 7.29. The van der Waals surface area contributed by atoms with Gasteiger partial charge < -0.3 is 15.2 Å². The van der Waals surface area contributed by atoms with Gasteiger partial charge in [-0.1, -0.05) is 12.1 Å². The first-order chi connectivity index (χ1) is 9.67. The van der Waals surface area contributed by atoms with Gasteiger partial charge in [0, 0.05) is 25.3 Å². The summed E-state index contributed by atoms with van der Waals surface area (Å²) in [6, 6.07) is 8.57. The molecule has 1 aromatic rings. The van der Waals surface area contributed by atoms with Crippen LogP contribution in [0.25, 0.3) is 0 Å². The summed E-state index contributed by atoms with van der Waals surface area (Å²) < 4.78 is 5.38. The zero-order valence-electron chi connectivity index (χ0n) is 12.0. The van der Waals surface area contributed by atoms with Crippen LogP contribution in [0.3, 0.4) is 0 Å². The summed E-state index contributed by atoms with van der Waals surface area (Å²) in [7, 11) is 1.78. The summed E-state index contributed by atoms with van der Waals surface area (Å²) in [6.07, 6.45) is 5.63. The number of methoxy groups -OCH3 is 1. The van der Waals surface area contributed by atoms with E-state index in [1.807, 2.05) is 18.2 Å². The maximum absolute atomic E-state index is 10.6. The van der Waals surface area contributed by atoms with Crippen LogP contribution in [0.5, 0.6) is 0 Å². The van der Waals surface area contributed by atoms with E-state index < -0.39 is 5.97 Å². The van der Waals surface area contributed by atoms with E-state index in [1.165, 1.54) is 0 Å². The smallest absolute Gasteiger partial charge is 0.303 e. The van der Waals surface area contributed by atoms with Crippen molar-refractivity contribution in [2.75, 3.05) is 12.4 Å². The summed E-state index contributed by atoms with van der Waals surface area (Å²) in [5.74, 6) is -0.749. The van der Waals surface area contributed by atoms with Gasteiger partial charge in [-0.25, -0.2) is 0 Å². The van der Waals surface area contributed by atoms with Crippen LogP contribution < -0.4 is 5.32 Å². The van der Waals surface area contributed by atoms with Gasteiger partial charge in [-0.2, -0.15) is 0 Å². The first-order valence-electron chi connectivity index (χ1n) is 7.27. The number of nitrogens with one attached hydrogen (secondary N) is 1. The lowest BCUT2D eigenvalue weighted by Gasteiger charge is -2.29. The van der Waals surface area contributed by atoms with Crippen molar-refractivity contribution in [2.45, 2.75) is 50.7 Å². The predicted octanol–water partition coefficient (Wildman–Crippen LogP) is 3.07. The highest BCUT2D eigenvalue weighted by Crippen LogP contribution is 2.24. The summed E-state index contributed by atoms with van der Waals surface area (Å²) in [5.41, 5.74) is 2.16. The highest BCUT2D eigenvalue weighted by atomic mass is 16.5. The molecule has 0 saturated heterocycles. The van der Waals surface area contributed by atoms with Crippen LogP contribution >= 0.6 is 0 Å². The van der Waals surface area contributed by atoms with E-state index in [0.29, 0.717) is 18.6 Å². The largest absolute Gasteiger partial charge is 0.481 e. The minimum atomic E-state index is -0.749. The number of aryl methyl sites for hydroxylation is 1. The monoisotopic (exact) mass is 277 g/mol. The van der Waals surface area contributed by atoms with E-state index in [4.69, 9.17) is 9.84 Å². The molecule has 1 fully saturated rings. The molecule has 0 atom stereocenters. The number of benzene rings is 1. The molecule has 110 valence electrons. The zero-order chi connectivity index (χ0) is 14.4. The molecule has 1 aliphatic carbocycles. The number of anilines is 1. The Kier molecular flexibility index (Phi) is 5.41. The Hall–Kier alpha value is -1.55. The van der Waals surface area contributed by atoms with E-state index in [-0.39, 0.29) is 6.42 Å². The SMILES string of the molecule is COC1CCC(Nc2cccc(CCC(=O)O)c2)CC1. The van der Waals surface area contributed by atoms with Gasteiger partial charge in [-0.3, -0.25) is 4.79 Å². The molecule has 0 heterocycles. The van der Waals surface area contributed by atoms with Crippen LogP contribution in [-0.4, -0.2) is 30.3 Å². The molecular formula is C16H23NO3. The van der Waals surface area contributed by atoms with Crippen LogP contribution in [0.15, 0.2) is 24.3 Å². The Morgan fingerprint density at radius 2 is 2.10 bits per heavy atom. The molecule has 0 unspecified atom stereocenters. The second-order valence-electron chi connectivity index (χ2n) is 5.45. The molecule has 4 heteroatoms. The Labute approximate surface area is 120 Å². The number of carbonyl (C=O) groups is 1. The van der Waals surface area contributed by atoms with Crippen molar-refractivity contribution in [1.29, 1.82) is 0 Å². The van der Waals surface area contributed by atoms with Crippen LogP contribution in [-0.2, 0) is 16.0 Å². The number of carboxylic acid groups (broad SMARTS) is 1. The van der Waals surface area contributed by atoms with Crippen LogP contribution in [0, 0.1) is 0 Å². The van der Waals surface area contributed by atoms with E-state index in [9.17, 15) is 4.79 Å². The first kappa shape index (κ1) is 14.9. The molecule has 20 heavy (non-hydrogen) atoms. The van der Waals surface area contributed by atoms with E-state index >= 15 is 0 Å². The van der Waals surface area contributed by atoms with Crippen LogP contribution in [0.2, 0.25) is 0 Å². The van der Waals surface area contributed by atoms with Crippen molar-refractivity contribution in [3.63, 3.8) is 0 Å². The third-order valence-corrected chi connectivity index (χ3v) is 3.93. The Morgan fingerprint density at radius 3 is 2.75 bits per heavy atom. The average molecular weight is 277 g/mol. The molecule has 0 spiro atoms. The van der Waals surface area contributed by atoms with Crippen molar-refractivity contribution in [3.05, 3.63) is 29.8 Å². The summed E-state index contributed by atoms with van der Waals surface area (Å²) in [5, 5.41) is 12.3. The number of hydrogen-bond acceptors (Lipinski definition) is 3. The minimum absolute atomic E-state index is 0.183. The van der Waals surface area contributed by atoms with E-state index in [1.54, 1.807) is 7.11 Å². The highest BCUT2D eigenvalue weighted by molar-refractivity contribution is 5.67. The number of carboxylic acids is 1.